The summed E-state index contributed by atoms with van der Waals surface area (Å²) < 4.78 is 0. The molecule has 1 saturated heterocycles. The fourth-order valence-corrected chi connectivity index (χ4v) is 3.59. The van der Waals surface area contributed by atoms with E-state index in [2.05, 4.69) is 19.2 Å². The number of carbonyl (C=O) groups excluding carboxylic acids is 1. The number of nitrogens with zero attached hydrogens (tertiary/aromatic N) is 1. The Morgan fingerprint density at radius 2 is 1.94 bits per heavy atom. The van der Waals surface area contributed by atoms with Gasteiger partial charge in [0, 0.05) is 19.5 Å². The van der Waals surface area contributed by atoms with Crippen LogP contribution in [0.2, 0.25) is 0 Å². The highest BCUT2D eigenvalue weighted by atomic mass is 16.2. The number of hydrogen-bond donors (Lipinski definition) is 1. The third kappa shape index (κ3) is 3.05. The molecule has 2 aliphatic rings. The van der Waals surface area contributed by atoms with Crippen molar-refractivity contribution in [2.75, 3.05) is 26.7 Å². The maximum atomic E-state index is 12.5. The maximum absolute atomic E-state index is 12.5. The van der Waals surface area contributed by atoms with Crippen molar-refractivity contribution in [2.45, 2.75) is 46.0 Å². The van der Waals surface area contributed by atoms with E-state index in [1.165, 1.54) is 25.7 Å². The highest BCUT2D eigenvalue weighted by molar-refractivity contribution is 5.79. The molecule has 0 spiro atoms. The predicted octanol–water partition coefficient (Wildman–Crippen LogP) is 2.27. The molecule has 3 heteroatoms. The number of piperidine rings is 1. The van der Waals surface area contributed by atoms with Crippen LogP contribution in [0.3, 0.4) is 0 Å². The zero-order valence-electron chi connectivity index (χ0n) is 12.2. The summed E-state index contributed by atoms with van der Waals surface area (Å²) >= 11 is 0. The third-order valence-electron chi connectivity index (χ3n) is 4.92. The van der Waals surface area contributed by atoms with Gasteiger partial charge in [-0.2, -0.15) is 0 Å². The Morgan fingerprint density at radius 3 is 2.50 bits per heavy atom. The van der Waals surface area contributed by atoms with Crippen molar-refractivity contribution in [1.82, 2.24) is 10.2 Å². The zero-order valence-corrected chi connectivity index (χ0v) is 12.2. The summed E-state index contributed by atoms with van der Waals surface area (Å²) in [6, 6.07) is 0. The maximum Gasteiger partial charge on any atom is 0.225 e. The summed E-state index contributed by atoms with van der Waals surface area (Å²) in [5.74, 6) is 1.34. The van der Waals surface area contributed by atoms with Crippen molar-refractivity contribution in [3.63, 3.8) is 0 Å². The normalized spacial score (nSPS) is 28.3. The van der Waals surface area contributed by atoms with E-state index in [1.54, 1.807) is 0 Å². The SMILES string of the molecule is CN(CC1CCNCC1)C(=O)C1CCCC1(C)C. The molecule has 0 aromatic heterocycles. The van der Waals surface area contributed by atoms with Crippen molar-refractivity contribution < 1.29 is 4.79 Å². The fraction of sp³-hybridized carbons (Fsp3) is 0.933. The molecule has 1 atom stereocenters. The van der Waals surface area contributed by atoms with Crippen LogP contribution in [0.5, 0.6) is 0 Å². The molecule has 18 heavy (non-hydrogen) atoms. The topological polar surface area (TPSA) is 32.3 Å². The fourth-order valence-electron chi connectivity index (χ4n) is 3.59. The van der Waals surface area contributed by atoms with Gasteiger partial charge in [0.1, 0.15) is 0 Å². The van der Waals surface area contributed by atoms with Gasteiger partial charge in [0.2, 0.25) is 5.91 Å². The molecule has 1 saturated carbocycles. The summed E-state index contributed by atoms with van der Waals surface area (Å²) in [6.45, 7) is 7.68. The molecule has 1 unspecified atom stereocenters. The smallest absolute Gasteiger partial charge is 0.225 e. The van der Waals surface area contributed by atoms with Gasteiger partial charge < -0.3 is 10.2 Å². The first-order valence-electron chi connectivity index (χ1n) is 7.46. The number of hydrogen-bond acceptors (Lipinski definition) is 2. The molecular weight excluding hydrogens is 224 g/mol. The predicted molar refractivity (Wildman–Crippen MR) is 74.4 cm³/mol. The van der Waals surface area contributed by atoms with Gasteiger partial charge in [-0.25, -0.2) is 0 Å². The van der Waals surface area contributed by atoms with E-state index in [1.807, 2.05) is 11.9 Å². The van der Waals surface area contributed by atoms with E-state index in [4.69, 9.17) is 0 Å². The van der Waals surface area contributed by atoms with E-state index >= 15 is 0 Å². The highest BCUT2D eigenvalue weighted by Gasteiger charge is 2.40. The van der Waals surface area contributed by atoms with Gasteiger partial charge in [-0.1, -0.05) is 20.3 Å². The molecule has 0 bridgehead atoms. The first kappa shape index (κ1) is 13.9. The van der Waals surface area contributed by atoms with Gasteiger partial charge in [0.05, 0.1) is 0 Å². The van der Waals surface area contributed by atoms with Crippen molar-refractivity contribution in [2.24, 2.45) is 17.3 Å². The van der Waals surface area contributed by atoms with E-state index in [0.29, 0.717) is 11.8 Å². The van der Waals surface area contributed by atoms with Gasteiger partial charge in [-0.15, -0.1) is 0 Å². The Kier molecular flexibility index (Phi) is 4.31. The monoisotopic (exact) mass is 252 g/mol. The van der Waals surface area contributed by atoms with Gasteiger partial charge in [0.15, 0.2) is 0 Å². The Morgan fingerprint density at radius 1 is 1.28 bits per heavy atom. The van der Waals surface area contributed by atoms with Crippen molar-refractivity contribution in [3.05, 3.63) is 0 Å². The van der Waals surface area contributed by atoms with E-state index in [-0.39, 0.29) is 11.3 Å². The molecule has 1 aliphatic carbocycles. The molecule has 1 heterocycles. The number of nitrogens with one attached hydrogen (secondary N) is 1. The number of rotatable bonds is 3. The average molecular weight is 252 g/mol. The Labute approximate surface area is 111 Å². The second-order valence-electron chi connectivity index (χ2n) is 6.85. The summed E-state index contributed by atoms with van der Waals surface area (Å²) in [5, 5.41) is 3.38. The lowest BCUT2D eigenvalue weighted by molar-refractivity contribution is -0.137. The van der Waals surface area contributed by atoms with Gasteiger partial charge in [-0.05, 0) is 50.1 Å². The Hall–Kier alpha value is -0.570. The van der Waals surface area contributed by atoms with Gasteiger partial charge >= 0.3 is 0 Å². The minimum absolute atomic E-state index is 0.208. The third-order valence-corrected chi connectivity index (χ3v) is 4.92. The average Bonchev–Trinajstić information content (AvgIpc) is 2.69. The quantitative estimate of drug-likeness (QED) is 0.835. The van der Waals surface area contributed by atoms with Crippen LogP contribution in [0.25, 0.3) is 0 Å². The lowest BCUT2D eigenvalue weighted by Crippen LogP contribution is -2.42. The van der Waals surface area contributed by atoms with E-state index in [0.717, 1.165) is 26.1 Å². The second-order valence-corrected chi connectivity index (χ2v) is 6.85. The number of carbonyl (C=O) groups is 1. The van der Waals surface area contributed by atoms with Crippen LogP contribution in [-0.4, -0.2) is 37.5 Å². The second kappa shape index (κ2) is 5.60. The summed E-state index contributed by atoms with van der Waals surface area (Å²) in [5.41, 5.74) is 0.208. The first-order valence-corrected chi connectivity index (χ1v) is 7.46. The molecule has 2 rings (SSSR count). The van der Waals surface area contributed by atoms with Gasteiger partial charge in [-0.3, -0.25) is 4.79 Å². The van der Waals surface area contributed by atoms with Crippen LogP contribution in [0.15, 0.2) is 0 Å². The van der Waals surface area contributed by atoms with Crippen molar-refractivity contribution >= 4 is 5.91 Å². The molecule has 0 aromatic carbocycles. The molecule has 1 amide bonds. The van der Waals surface area contributed by atoms with Crippen LogP contribution in [-0.2, 0) is 4.79 Å². The summed E-state index contributed by atoms with van der Waals surface area (Å²) in [7, 11) is 2.00. The minimum Gasteiger partial charge on any atom is -0.345 e. The lowest BCUT2D eigenvalue weighted by Gasteiger charge is -2.33. The van der Waals surface area contributed by atoms with Crippen LogP contribution < -0.4 is 5.32 Å². The molecule has 1 N–H and O–H groups in total. The molecule has 3 nitrogen and oxygen atoms in total. The standard InChI is InChI=1S/C15H28N2O/c1-15(2)8-4-5-13(15)14(18)17(3)11-12-6-9-16-10-7-12/h12-13,16H,4-11H2,1-3H3. The molecule has 1 aliphatic heterocycles. The first-order chi connectivity index (χ1) is 8.50. The van der Waals surface area contributed by atoms with Gasteiger partial charge in [0.25, 0.3) is 0 Å². The molecule has 0 aromatic rings. The van der Waals surface area contributed by atoms with Crippen LogP contribution in [0.1, 0.15) is 46.0 Å². The lowest BCUT2D eigenvalue weighted by atomic mass is 9.81. The highest BCUT2D eigenvalue weighted by Crippen LogP contribution is 2.43. The van der Waals surface area contributed by atoms with E-state index < -0.39 is 0 Å². The minimum atomic E-state index is 0.208. The summed E-state index contributed by atoms with van der Waals surface area (Å²) in [6.07, 6.45) is 5.93. The Balaban J connectivity index is 1.88. The molecule has 104 valence electrons. The molecule has 2 fully saturated rings. The summed E-state index contributed by atoms with van der Waals surface area (Å²) in [4.78, 5) is 14.6. The van der Waals surface area contributed by atoms with Crippen LogP contribution in [0, 0.1) is 17.3 Å². The van der Waals surface area contributed by atoms with Crippen LogP contribution in [0.4, 0.5) is 0 Å². The zero-order chi connectivity index (χ0) is 13.2. The van der Waals surface area contributed by atoms with E-state index in [9.17, 15) is 4.79 Å². The largest absolute Gasteiger partial charge is 0.345 e. The molecule has 0 radical (unpaired) electrons. The Bertz CT molecular complexity index is 295. The number of amides is 1. The molecular formula is C15H28N2O. The van der Waals surface area contributed by atoms with Crippen molar-refractivity contribution in [3.8, 4) is 0 Å². The van der Waals surface area contributed by atoms with Crippen molar-refractivity contribution in [1.29, 1.82) is 0 Å². The van der Waals surface area contributed by atoms with Crippen LogP contribution >= 0.6 is 0 Å².